The van der Waals surface area contributed by atoms with Crippen molar-refractivity contribution in [2.45, 2.75) is 6.10 Å². The van der Waals surface area contributed by atoms with E-state index in [-0.39, 0.29) is 5.56 Å². The molecular formula is C14H11FO2. The Morgan fingerprint density at radius 3 is 2.24 bits per heavy atom. The van der Waals surface area contributed by atoms with Crippen LogP contribution in [0.15, 0.2) is 54.6 Å². The molecular weight excluding hydrogens is 219 g/mol. The molecule has 0 fully saturated rings. The molecule has 0 aliphatic rings. The first-order chi connectivity index (χ1) is 8.20. The van der Waals surface area contributed by atoms with Gasteiger partial charge in [-0.05, 0) is 17.7 Å². The Bertz CT molecular complexity index is 523. The average molecular weight is 230 g/mol. The zero-order chi connectivity index (χ0) is 12.3. The van der Waals surface area contributed by atoms with E-state index >= 15 is 0 Å². The molecule has 86 valence electrons. The fourth-order valence-corrected chi connectivity index (χ4v) is 1.60. The van der Waals surface area contributed by atoms with Crippen molar-refractivity contribution < 1.29 is 14.3 Å². The minimum absolute atomic E-state index is 0.0937. The lowest BCUT2D eigenvalue weighted by Gasteiger charge is -2.10. The molecule has 0 spiro atoms. The molecule has 3 heteroatoms. The summed E-state index contributed by atoms with van der Waals surface area (Å²) in [5, 5.41) is 9.85. The number of carbonyl (C=O) groups is 1. The summed E-state index contributed by atoms with van der Waals surface area (Å²) in [6.45, 7) is 0. The number of halogens is 1. The number of Topliss-reactive ketones (excluding diaryl/α,β-unsaturated/α-hetero) is 1. The van der Waals surface area contributed by atoms with Gasteiger partial charge in [0.15, 0.2) is 5.78 Å². The van der Waals surface area contributed by atoms with Crippen LogP contribution < -0.4 is 0 Å². The highest BCUT2D eigenvalue weighted by Crippen LogP contribution is 2.19. The van der Waals surface area contributed by atoms with Gasteiger partial charge in [0.1, 0.15) is 11.9 Å². The quantitative estimate of drug-likeness (QED) is 0.823. The summed E-state index contributed by atoms with van der Waals surface area (Å²) in [5.41, 5.74) is 0.365. The van der Waals surface area contributed by atoms with Crippen LogP contribution in [0.25, 0.3) is 0 Å². The molecule has 1 atom stereocenters. The Balaban J connectivity index is 2.30. The molecule has 0 amide bonds. The Labute approximate surface area is 98.3 Å². The summed E-state index contributed by atoms with van der Waals surface area (Å²) in [7, 11) is 0. The minimum atomic E-state index is -1.33. The highest BCUT2D eigenvalue weighted by molar-refractivity contribution is 6.00. The van der Waals surface area contributed by atoms with E-state index in [1.54, 1.807) is 36.4 Å². The molecule has 2 aromatic rings. The van der Waals surface area contributed by atoms with Crippen molar-refractivity contribution in [3.05, 3.63) is 71.5 Å². The van der Waals surface area contributed by atoms with Crippen LogP contribution in [-0.2, 0) is 0 Å². The molecule has 0 aromatic heterocycles. The van der Waals surface area contributed by atoms with Gasteiger partial charge in [0.05, 0.1) is 5.56 Å². The second-order valence-corrected chi connectivity index (χ2v) is 3.66. The topological polar surface area (TPSA) is 37.3 Å². The van der Waals surface area contributed by atoms with E-state index in [2.05, 4.69) is 0 Å². The Kier molecular flexibility index (Phi) is 3.30. The summed E-state index contributed by atoms with van der Waals surface area (Å²) in [6, 6.07) is 14.1. The van der Waals surface area contributed by atoms with Gasteiger partial charge in [-0.25, -0.2) is 4.39 Å². The van der Waals surface area contributed by atoms with Crippen LogP contribution in [0, 0.1) is 5.82 Å². The summed E-state index contributed by atoms with van der Waals surface area (Å²) >= 11 is 0. The normalized spacial score (nSPS) is 12.1. The van der Waals surface area contributed by atoms with Gasteiger partial charge in [0.25, 0.3) is 0 Å². The minimum Gasteiger partial charge on any atom is -0.380 e. The van der Waals surface area contributed by atoms with E-state index < -0.39 is 17.7 Å². The molecule has 0 radical (unpaired) electrons. The van der Waals surface area contributed by atoms with Gasteiger partial charge in [0, 0.05) is 0 Å². The average Bonchev–Trinajstić information content (AvgIpc) is 2.39. The van der Waals surface area contributed by atoms with Gasteiger partial charge >= 0.3 is 0 Å². The van der Waals surface area contributed by atoms with E-state index in [0.29, 0.717) is 5.56 Å². The van der Waals surface area contributed by atoms with Crippen LogP contribution in [0.4, 0.5) is 4.39 Å². The third kappa shape index (κ3) is 2.40. The molecule has 2 aromatic carbocycles. The predicted octanol–water partition coefficient (Wildman–Crippen LogP) is 2.74. The molecule has 0 bridgehead atoms. The van der Waals surface area contributed by atoms with Crippen molar-refractivity contribution in [2.24, 2.45) is 0 Å². The van der Waals surface area contributed by atoms with Crippen LogP contribution in [0.3, 0.4) is 0 Å². The third-order valence-electron chi connectivity index (χ3n) is 2.50. The van der Waals surface area contributed by atoms with Crippen molar-refractivity contribution in [3.8, 4) is 0 Å². The highest BCUT2D eigenvalue weighted by atomic mass is 19.1. The lowest BCUT2D eigenvalue weighted by Crippen LogP contribution is -2.13. The summed E-state index contributed by atoms with van der Waals surface area (Å²) in [5.74, 6) is -1.25. The third-order valence-corrected chi connectivity index (χ3v) is 2.50. The molecule has 0 heterocycles. The molecule has 0 saturated heterocycles. The Hall–Kier alpha value is -2.00. The molecule has 17 heavy (non-hydrogen) atoms. The SMILES string of the molecule is O=C(c1ccccc1F)C(O)c1ccccc1. The maximum absolute atomic E-state index is 13.4. The molecule has 1 unspecified atom stereocenters. The van der Waals surface area contributed by atoms with E-state index in [1.165, 1.54) is 18.2 Å². The van der Waals surface area contributed by atoms with Gasteiger partial charge in [-0.2, -0.15) is 0 Å². The number of ketones is 1. The van der Waals surface area contributed by atoms with Gasteiger partial charge in [-0.15, -0.1) is 0 Å². The Morgan fingerprint density at radius 1 is 1.00 bits per heavy atom. The highest BCUT2D eigenvalue weighted by Gasteiger charge is 2.21. The van der Waals surface area contributed by atoms with E-state index in [0.717, 1.165) is 0 Å². The molecule has 2 rings (SSSR count). The van der Waals surface area contributed by atoms with Crippen LogP contribution >= 0.6 is 0 Å². The molecule has 2 nitrogen and oxygen atoms in total. The molecule has 1 N–H and O–H groups in total. The number of hydrogen-bond acceptors (Lipinski definition) is 2. The lowest BCUT2D eigenvalue weighted by atomic mass is 10.00. The smallest absolute Gasteiger partial charge is 0.198 e. The van der Waals surface area contributed by atoms with Crippen LogP contribution in [-0.4, -0.2) is 10.9 Å². The van der Waals surface area contributed by atoms with Gasteiger partial charge < -0.3 is 5.11 Å². The van der Waals surface area contributed by atoms with Crippen LogP contribution in [0.1, 0.15) is 22.0 Å². The predicted molar refractivity (Wildman–Crippen MR) is 62.1 cm³/mol. The Morgan fingerprint density at radius 2 is 1.59 bits per heavy atom. The van der Waals surface area contributed by atoms with Crippen LogP contribution in [0.5, 0.6) is 0 Å². The van der Waals surface area contributed by atoms with E-state index in [9.17, 15) is 14.3 Å². The summed E-state index contributed by atoms with van der Waals surface area (Å²) < 4.78 is 13.4. The number of aliphatic hydroxyl groups is 1. The molecule has 0 aliphatic carbocycles. The van der Waals surface area contributed by atoms with Crippen molar-refractivity contribution in [2.75, 3.05) is 0 Å². The first-order valence-electron chi connectivity index (χ1n) is 5.22. The fraction of sp³-hybridized carbons (Fsp3) is 0.0714. The van der Waals surface area contributed by atoms with Crippen molar-refractivity contribution in [1.29, 1.82) is 0 Å². The van der Waals surface area contributed by atoms with Crippen LogP contribution in [0.2, 0.25) is 0 Å². The number of hydrogen-bond donors (Lipinski definition) is 1. The first-order valence-corrected chi connectivity index (χ1v) is 5.22. The van der Waals surface area contributed by atoms with Gasteiger partial charge in [-0.3, -0.25) is 4.79 Å². The van der Waals surface area contributed by atoms with Gasteiger partial charge in [-0.1, -0.05) is 42.5 Å². The van der Waals surface area contributed by atoms with E-state index in [1.807, 2.05) is 0 Å². The fourth-order valence-electron chi connectivity index (χ4n) is 1.60. The van der Waals surface area contributed by atoms with Crippen molar-refractivity contribution in [3.63, 3.8) is 0 Å². The van der Waals surface area contributed by atoms with E-state index in [4.69, 9.17) is 0 Å². The van der Waals surface area contributed by atoms with Crippen molar-refractivity contribution in [1.82, 2.24) is 0 Å². The van der Waals surface area contributed by atoms with Gasteiger partial charge in [0.2, 0.25) is 0 Å². The summed E-state index contributed by atoms with van der Waals surface area (Å²) in [4.78, 5) is 11.9. The standard InChI is InChI=1S/C14H11FO2/c15-12-9-5-4-8-11(12)14(17)13(16)10-6-2-1-3-7-10/h1-9,13,16H. The van der Waals surface area contributed by atoms with Crippen molar-refractivity contribution >= 4 is 5.78 Å². The zero-order valence-corrected chi connectivity index (χ0v) is 9.01. The number of benzene rings is 2. The largest absolute Gasteiger partial charge is 0.380 e. The monoisotopic (exact) mass is 230 g/mol. The molecule has 0 saturated carbocycles. The zero-order valence-electron chi connectivity index (χ0n) is 9.01. The number of aliphatic hydroxyl groups excluding tert-OH is 1. The summed E-state index contributed by atoms with van der Waals surface area (Å²) in [6.07, 6.45) is -1.33. The second-order valence-electron chi connectivity index (χ2n) is 3.66. The number of carbonyl (C=O) groups excluding carboxylic acids is 1. The molecule has 0 aliphatic heterocycles. The lowest BCUT2D eigenvalue weighted by molar-refractivity contribution is 0.0743. The maximum Gasteiger partial charge on any atom is 0.198 e. The second kappa shape index (κ2) is 4.89. The number of rotatable bonds is 3. The maximum atomic E-state index is 13.4. The first kappa shape index (κ1) is 11.5.